The minimum atomic E-state index is -0.709. The van der Waals surface area contributed by atoms with E-state index in [1.807, 2.05) is 6.92 Å². The molecule has 1 aromatic rings. The Morgan fingerprint density at radius 1 is 1.22 bits per heavy atom. The molecule has 1 heterocycles. The van der Waals surface area contributed by atoms with Crippen LogP contribution >= 0.6 is 11.6 Å². The zero-order valence-electron chi connectivity index (χ0n) is 19.3. The average molecular weight is 466 g/mol. The van der Waals surface area contributed by atoms with Crippen LogP contribution < -0.4 is 10.6 Å². The number of rotatable bonds is 10. The van der Waals surface area contributed by atoms with E-state index in [1.165, 1.54) is 7.11 Å². The van der Waals surface area contributed by atoms with Crippen molar-refractivity contribution < 1.29 is 23.9 Å². The number of ether oxygens (including phenoxy) is 2. The standard InChI is InChI=1S/C23H32ClN3O5/c1-6-11-27-15(2)18(20(28)32-13-12-31-5)19(26-22(27)30)16-7-9-17(10-8-16)25-21(29)23(3,4)14-24/h7-10,19H,6,11-14H2,1-5H3,(H,25,29)(H,26,30)/t19-/m0/s1. The lowest BCUT2D eigenvalue weighted by Gasteiger charge is -2.35. The van der Waals surface area contributed by atoms with Crippen LogP contribution in [-0.2, 0) is 19.1 Å². The smallest absolute Gasteiger partial charge is 0.338 e. The van der Waals surface area contributed by atoms with Crippen molar-refractivity contribution in [2.75, 3.05) is 38.1 Å². The van der Waals surface area contributed by atoms with Crippen molar-refractivity contribution in [1.82, 2.24) is 10.2 Å². The number of esters is 1. The summed E-state index contributed by atoms with van der Waals surface area (Å²) >= 11 is 5.87. The zero-order valence-corrected chi connectivity index (χ0v) is 20.0. The number of halogens is 1. The van der Waals surface area contributed by atoms with Gasteiger partial charge in [0.2, 0.25) is 5.91 Å². The summed E-state index contributed by atoms with van der Waals surface area (Å²) in [5, 5.41) is 5.74. The molecular formula is C23H32ClN3O5. The number of methoxy groups -OCH3 is 1. The lowest BCUT2D eigenvalue weighted by molar-refractivity contribution is -0.141. The van der Waals surface area contributed by atoms with Gasteiger partial charge in [0.15, 0.2) is 0 Å². The molecule has 0 spiro atoms. The van der Waals surface area contributed by atoms with Crippen LogP contribution in [-0.4, -0.2) is 55.6 Å². The van der Waals surface area contributed by atoms with Crippen LogP contribution in [0.3, 0.4) is 0 Å². The largest absolute Gasteiger partial charge is 0.460 e. The van der Waals surface area contributed by atoms with Gasteiger partial charge in [-0.2, -0.15) is 0 Å². The summed E-state index contributed by atoms with van der Waals surface area (Å²) in [4.78, 5) is 39.5. The van der Waals surface area contributed by atoms with Crippen molar-refractivity contribution in [3.05, 3.63) is 41.1 Å². The second-order valence-corrected chi connectivity index (χ2v) is 8.52. The van der Waals surface area contributed by atoms with Gasteiger partial charge in [0, 0.05) is 30.9 Å². The molecule has 0 fully saturated rings. The van der Waals surface area contributed by atoms with Gasteiger partial charge in [-0.3, -0.25) is 9.69 Å². The van der Waals surface area contributed by atoms with Gasteiger partial charge in [-0.15, -0.1) is 11.6 Å². The number of nitrogens with zero attached hydrogens (tertiary/aromatic N) is 1. The fourth-order valence-electron chi connectivity index (χ4n) is 3.20. The zero-order chi connectivity index (χ0) is 23.9. The SMILES string of the molecule is CCCN1C(=O)N[C@@H](c2ccc(NC(=O)C(C)(C)CCl)cc2)C(C(=O)OCCOC)=C1C. The first kappa shape index (κ1) is 25.7. The molecule has 8 nitrogen and oxygen atoms in total. The van der Waals surface area contributed by atoms with Gasteiger partial charge < -0.3 is 20.1 Å². The van der Waals surface area contributed by atoms with Gasteiger partial charge in [-0.1, -0.05) is 19.1 Å². The molecule has 2 rings (SSSR count). The molecule has 9 heteroatoms. The van der Waals surface area contributed by atoms with Crippen molar-refractivity contribution in [3.8, 4) is 0 Å². The predicted molar refractivity (Wildman–Crippen MR) is 123 cm³/mol. The fraction of sp³-hybridized carbons (Fsp3) is 0.522. The third-order valence-corrected chi connectivity index (χ3v) is 5.90. The van der Waals surface area contributed by atoms with Crippen molar-refractivity contribution in [3.63, 3.8) is 0 Å². The molecule has 0 aliphatic carbocycles. The Hall–Kier alpha value is -2.58. The van der Waals surface area contributed by atoms with Crippen LogP contribution in [0.4, 0.5) is 10.5 Å². The first-order valence-corrected chi connectivity index (χ1v) is 11.1. The number of allylic oxidation sites excluding steroid dienone is 1. The van der Waals surface area contributed by atoms with E-state index in [4.69, 9.17) is 21.1 Å². The number of nitrogens with one attached hydrogen (secondary N) is 2. The second kappa shape index (κ2) is 11.3. The molecule has 1 aromatic carbocycles. The monoisotopic (exact) mass is 465 g/mol. The highest BCUT2D eigenvalue weighted by molar-refractivity contribution is 6.20. The Kier molecular flexibility index (Phi) is 9.09. The number of urea groups is 1. The molecule has 2 N–H and O–H groups in total. The summed E-state index contributed by atoms with van der Waals surface area (Å²) in [6, 6.07) is 6.04. The van der Waals surface area contributed by atoms with Crippen LogP contribution in [0.5, 0.6) is 0 Å². The van der Waals surface area contributed by atoms with Crippen LogP contribution in [0.2, 0.25) is 0 Å². The second-order valence-electron chi connectivity index (χ2n) is 8.26. The lowest BCUT2D eigenvalue weighted by atomic mass is 9.94. The molecular weight excluding hydrogens is 434 g/mol. The van der Waals surface area contributed by atoms with Crippen molar-refractivity contribution >= 4 is 35.2 Å². The summed E-state index contributed by atoms with van der Waals surface area (Å²) in [6.07, 6.45) is 0.745. The van der Waals surface area contributed by atoms with E-state index in [0.29, 0.717) is 29.1 Å². The molecule has 176 valence electrons. The number of hydrogen-bond acceptors (Lipinski definition) is 5. The normalized spacial score (nSPS) is 16.6. The van der Waals surface area contributed by atoms with Gasteiger partial charge in [-0.05, 0) is 44.9 Å². The number of benzene rings is 1. The lowest BCUT2D eigenvalue weighted by Crippen LogP contribution is -2.48. The molecule has 1 aliphatic rings. The highest BCUT2D eigenvalue weighted by Crippen LogP contribution is 2.32. The molecule has 1 aliphatic heterocycles. The van der Waals surface area contributed by atoms with E-state index in [2.05, 4.69) is 10.6 Å². The van der Waals surface area contributed by atoms with Gasteiger partial charge in [0.1, 0.15) is 6.61 Å². The van der Waals surface area contributed by atoms with E-state index >= 15 is 0 Å². The molecule has 0 unspecified atom stereocenters. The summed E-state index contributed by atoms with van der Waals surface area (Å²) < 4.78 is 10.3. The summed E-state index contributed by atoms with van der Waals surface area (Å²) in [6.45, 7) is 8.11. The maximum atomic E-state index is 12.9. The Morgan fingerprint density at radius 3 is 2.44 bits per heavy atom. The molecule has 0 saturated carbocycles. The minimum absolute atomic E-state index is 0.113. The van der Waals surface area contributed by atoms with Gasteiger partial charge in [0.25, 0.3) is 0 Å². The van der Waals surface area contributed by atoms with Crippen LogP contribution in [0.15, 0.2) is 35.5 Å². The first-order chi connectivity index (χ1) is 15.2. The number of carbonyl (C=O) groups is 3. The Balaban J connectivity index is 2.33. The van der Waals surface area contributed by atoms with E-state index < -0.39 is 17.4 Å². The maximum Gasteiger partial charge on any atom is 0.338 e. The quantitative estimate of drug-likeness (QED) is 0.311. The van der Waals surface area contributed by atoms with Gasteiger partial charge in [-0.25, -0.2) is 9.59 Å². The van der Waals surface area contributed by atoms with Crippen LogP contribution in [0.25, 0.3) is 0 Å². The molecule has 0 radical (unpaired) electrons. The summed E-state index contributed by atoms with van der Waals surface area (Å²) in [5.74, 6) is -0.510. The predicted octanol–water partition coefficient (Wildman–Crippen LogP) is 3.83. The van der Waals surface area contributed by atoms with E-state index in [0.717, 1.165) is 6.42 Å². The molecule has 1 atom stereocenters. The Morgan fingerprint density at radius 2 is 1.88 bits per heavy atom. The number of hydrogen-bond donors (Lipinski definition) is 2. The van der Waals surface area contributed by atoms with E-state index in [-0.39, 0.29) is 31.0 Å². The van der Waals surface area contributed by atoms with Crippen molar-refractivity contribution in [2.45, 2.75) is 40.2 Å². The Bertz CT molecular complexity index is 867. The molecule has 3 amide bonds. The number of alkyl halides is 1. The highest BCUT2D eigenvalue weighted by atomic mass is 35.5. The molecule has 0 aromatic heterocycles. The number of carbonyl (C=O) groups excluding carboxylic acids is 3. The van der Waals surface area contributed by atoms with Crippen LogP contribution in [0, 0.1) is 5.41 Å². The Labute approximate surface area is 194 Å². The first-order valence-electron chi connectivity index (χ1n) is 10.6. The fourth-order valence-corrected chi connectivity index (χ4v) is 3.33. The summed E-state index contributed by atoms with van der Waals surface area (Å²) in [7, 11) is 1.53. The highest BCUT2D eigenvalue weighted by Gasteiger charge is 2.36. The molecule has 0 saturated heterocycles. The molecule has 32 heavy (non-hydrogen) atoms. The summed E-state index contributed by atoms with van der Waals surface area (Å²) in [5.41, 5.74) is 1.51. The van der Waals surface area contributed by atoms with Gasteiger partial charge >= 0.3 is 12.0 Å². The van der Waals surface area contributed by atoms with Crippen molar-refractivity contribution in [2.24, 2.45) is 5.41 Å². The average Bonchev–Trinajstić information content (AvgIpc) is 2.76. The van der Waals surface area contributed by atoms with E-state index in [9.17, 15) is 14.4 Å². The van der Waals surface area contributed by atoms with Gasteiger partial charge in [0.05, 0.1) is 23.6 Å². The number of amides is 3. The third-order valence-electron chi connectivity index (χ3n) is 5.23. The third kappa shape index (κ3) is 6.01. The topological polar surface area (TPSA) is 97.0 Å². The van der Waals surface area contributed by atoms with Crippen molar-refractivity contribution in [1.29, 1.82) is 0 Å². The number of anilines is 1. The van der Waals surface area contributed by atoms with Crippen LogP contribution in [0.1, 0.15) is 45.7 Å². The maximum absolute atomic E-state index is 12.9. The molecule has 0 bridgehead atoms. The minimum Gasteiger partial charge on any atom is -0.460 e. The van der Waals surface area contributed by atoms with E-state index in [1.54, 1.807) is 49.9 Å².